The molecule has 0 atom stereocenters. The van der Waals surface area contributed by atoms with Gasteiger partial charge in [-0.25, -0.2) is 0 Å². The van der Waals surface area contributed by atoms with Crippen LogP contribution in [0.25, 0.3) is 17.4 Å². The molecule has 1 heterocycles. The summed E-state index contributed by atoms with van der Waals surface area (Å²) in [6.45, 7) is 0. The maximum atomic E-state index is 12.7. The second-order valence-corrected chi connectivity index (χ2v) is 7.33. The van der Waals surface area contributed by atoms with E-state index in [0.29, 0.717) is 39.6 Å². The van der Waals surface area contributed by atoms with Gasteiger partial charge in [-0.2, -0.15) is 0 Å². The molecule has 0 saturated carbocycles. The van der Waals surface area contributed by atoms with Gasteiger partial charge in [-0.1, -0.05) is 30.3 Å². The molecule has 0 aliphatic carbocycles. The number of ketones is 1. The van der Waals surface area contributed by atoms with Crippen LogP contribution in [0.4, 0.5) is 17.1 Å². The first-order chi connectivity index (χ1) is 16.4. The van der Waals surface area contributed by atoms with Gasteiger partial charge >= 0.3 is 0 Å². The van der Waals surface area contributed by atoms with E-state index in [1.807, 2.05) is 6.07 Å². The minimum Gasteiger partial charge on any atom is -0.457 e. The number of nitrogens with two attached hydrogens (primary N) is 1. The standard InChI is InChI=1S/C26H19N3O5/c27-23-13-8-19(16-22(23)26(31)18-4-2-1-3-5-18)28-25(30)15-12-21-11-14-24(34-21)17-6-9-20(10-7-17)29(32)33/h1-16H,27H2,(H,28,30). The van der Waals surface area contributed by atoms with E-state index >= 15 is 0 Å². The average molecular weight is 453 g/mol. The van der Waals surface area contributed by atoms with Crippen LogP contribution in [0.2, 0.25) is 0 Å². The highest BCUT2D eigenvalue weighted by Crippen LogP contribution is 2.25. The number of non-ortho nitro benzene ring substituents is 1. The topological polar surface area (TPSA) is 128 Å². The van der Waals surface area contributed by atoms with Crippen molar-refractivity contribution in [1.29, 1.82) is 0 Å². The third-order valence-corrected chi connectivity index (χ3v) is 4.99. The maximum absolute atomic E-state index is 12.7. The summed E-state index contributed by atoms with van der Waals surface area (Å²) in [5, 5.41) is 13.5. The van der Waals surface area contributed by atoms with Gasteiger partial charge in [-0.05, 0) is 48.5 Å². The molecule has 8 heteroatoms. The van der Waals surface area contributed by atoms with Gasteiger partial charge in [0.1, 0.15) is 11.5 Å². The molecule has 34 heavy (non-hydrogen) atoms. The molecule has 1 aromatic heterocycles. The number of nitrogens with one attached hydrogen (secondary N) is 1. The van der Waals surface area contributed by atoms with Crippen LogP contribution in [0.3, 0.4) is 0 Å². The molecule has 0 fully saturated rings. The van der Waals surface area contributed by atoms with Crippen LogP contribution in [0.5, 0.6) is 0 Å². The first-order valence-corrected chi connectivity index (χ1v) is 10.2. The molecule has 0 spiro atoms. The number of furan rings is 1. The fourth-order valence-corrected chi connectivity index (χ4v) is 3.26. The number of amides is 1. The van der Waals surface area contributed by atoms with Gasteiger partial charge in [0.15, 0.2) is 5.78 Å². The van der Waals surface area contributed by atoms with Crippen LogP contribution in [0.1, 0.15) is 21.7 Å². The van der Waals surface area contributed by atoms with E-state index in [-0.39, 0.29) is 11.5 Å². The molecule has 1 amide bonds. The third kappa shape index (κ3) is 5.08. The fourth-order valence-electron chi connectivity index (χ4n) is 3.26. The molecule has 0 bridgehead atoms. The summed E-state index contributed by atoms with van der Waals surface area (Å²) in [5.41, 5.74) is 8.17. The molecule has 8 nitrogen and oxygen atoms in total. The van der Waals surface area contributed by atoms with E-state index < -0.39 is 10.8 Å². The number of anilines is 2. The van der Waals surface area contributed by atoms with E-state index in [1.54, 1.807) is 60.7 Å². The lowest BCUT2D eigenvalue weighted by Gasteiger charge is -2.08. The highest BCUT2D eigenvalue weighted by molar-refractivity contribution is 6.13. The zero-order valence-corrected chi connectivity index (χ0v) is 17.8. The number of nitro benzene ring substituents is 1. The maximum Gasteiger partial charge on any atom is 0.269 e. The number of hydrogen-bond donors (Lipinski definition) is 2. The van der Waals surface area contributed by atoms with E-state index in [4.69, 9.17) is 10.2 Å². The van der Waals surface area contributed by atoms with Crippen molar-refractivity contribution in [2.45, 2.75) is 0 Å². The Bertz CT molecular complexity index is 1390. The van der Waals surface area contributed by atoms with Crippen molar-refractivity contribution >= 4 is 34.8 Å². The Kier molecular flexibility index (Phi) is 6.31. The number of hydrogen-bond acceptors (Lipinski definition) is 6. The van der Waals surface area contributed by atoms with Gasteiger partial charge in [0.25, 0.3) is 5.69 Å². The monoisotopic (exact) mass is 453 g/mol. The first kappa shape index (κ1) is 22.2. The largest absolute Gasteiger partial charge is 0.457 e. The molecule has 0 radical (unpaired) electrons. The van der Waals surface area contributed by atoms with E-state index in [2.05, 4.69) is 5.32 Å². The number of carbonyl (C=O) groups excluding carboxylic acids is 2. The lowest BCUT2D eigenvalue weighted by Crippen LogP contribution is -2.10. The molecule has 0 unspecified atom stereocenters. The number of nitrogens with zero attached hydrogens (tertiary/aromatic N) is 1. The predicted molar refractivity (Wildman–Crippen MR) is 129 cm³/mol. The van der Waals surface area contributed by atoms with Crippen molar-refractivity contribution in [3.05, 3.63) is 118 Å². The molecule has 168 valence electrons. The van der Waals surface area contributed by atoms with Gasteiger partial charge in [-0.3, -0.25) is 19.7 Å². The molecular formula is C26H19N3O5. The summed E-state index contributed by atoms with van der Waals surface area (Å²) >= 11 is 0. The van der Waals surface area contributed by atoms with Crippen LogP contribution in [-0.4, -0.2) is 16.6 Å². The van der Waals surface area contributed by atoms with Gasteiger partial charge in [0, 0.05) is 46.3 Å². The van der Waals surface area contributed by atoms with Gasteiger partial charge in [0.05, 0.1) is 4.92 Å². The predicted octanol–water partition coefficient (Wildman–Crippen LogP) is 5.32. The Morgan fingerprint density at radius 3 is 2.38 bits per heavy atom. The second-order valence-electron chi connectivity index (χ2n) is 7.33. The lowest BCUT2D eigenvalue weighted by atomic mass is 10.0. The fraction of sp³-hybridized carbons (Fsp3) is 0. The van der Waals surface area contributed by atoms with Crippen molar-refractivity contribution in [2.24, 2.45) is 0 Å². The van der Waals surface area contributed by atoms with Gasteiger partial charge in [0.2, 0.25) is 5.91 Å². The molecule has 0 saturated heterocycles. The second kappa shape index (κ2) is 9.66. The van der Waals surface area contributed by atoms with Crippen molar-refractivity contribution in [2.75, 3.05) is 11.1 Å². The van der Waals surface area contributed by atoms with Crippen LogP contribution >= 0.6 is 0 Å². The summed E-state index contributed by atoms with van der Waals surface area (Å²) in [6.07, 6.45) is 2.80. The Hall–Kier alpha value is -4.98. The molecule has 3 aromatic carbocycles. The van der Waals surface area contributed by atoms with Crippen LogP contribution in [-0.2, 0) is 4.79 Å². The molecule has 4 aromatic rings. The number of rotatable bonds is 7. The summed E-state index contributed by atoms with van der Waals surface area (Å²) in [7, 11) is 0. The summed E-state index contributed by atoms with van der Waals surface area (Å²) < 4.78 is 5.69. The number of nitrogen functional groups attached to an aromatic ring is 1. The zero-order chi connectivity index (χ0) is 24.1. The average Bonchev–Trinajstić information content (AvgIpc) is 3.33. The first-order valence-electron chi connectivity index (χ1n) is 10.2. The zero-order valence-electron chi connectivity index (χ0n) is 17.8. The summed E-state index contributed by atoms with van der Waals surface area (Å²) in [6, 6.07) is 22.8. The smallest absolute Gasteiger partial charge is 0.269 e. The Labute approximate surface area is 194 Å². The Morgan fingerprint density at radius 2 is 1.68 bits per heavy atom. The van der Waals surface area contributed by atoms with Crippen molar-refractivity contribution < 1.29 is 18.9 Å². The molecule has 0 aliphatic rings. The van der Waals surface area contributed by atoms with Crippen molar-refractivity contribution in [3.63, 3.8) is 0 Å². The van der Waals surface area contributed by atoms with Crippen molar-refractivity contribution in [3.8, 4) is 11.3 Å². The van der Waals surface area contributed by atoms with Crippen molar-refractivity contribution in [1.82, 2.24) is 0 Å². The number of benzene rings is 3. The molecule has 0 aliphatic heterocycles. The minimum atomic E-state index is -0.472. The quantitative estimate of drug-likeness (QED) is 0.128. The van der Waals surface area contributed by atoms with Gasteiger partial charge in [-0.15, -0.1) is 0 Å². The number of carbonyl (C=O) groups is 2. The van der Waals surface area contributed by atoms with Crippen LogP contribution in [0, 0.1) is 10.1 Å². The minimum absolute atomic E-state index is 0.0107. The third-order valence-electron chi connectivity index (χ3n) is 4.99. The van der Waals surface area contributed by atoms with E-state index in [9.17, 15) is 19.7 Å². The van der Waals surface area contributed by atoms with Gasteiger partial charge < -0.3 is 15.5 Å². The van der Waals surface area contributed by atoms with E-state index in [1.165, 1.54) is 30.4 Å². The normalized spacial score (nSPS) is 10.8. The molecular weight excluding hydrogens is 434 g/mol. The van der Waals surface area contributed by atoms with Crippen LogP contribution in [0.15, 0.2) is 95.4 Å². The van der Waals surface area contributed by atoms with E-state index in [0.717, 1.165) is 0 Å². The highest BCUT2D eigenvalue weighted by atomic mass is 16.6. The number of nitro groups is 1. The molecule has 4 rings (SSSR count). The lowest BCUT2D eigenvalue weighted by molar-refractivity contribution is -0.384. The Morgan fingerprint density at radius 1 is 0.941 bits per heavy atom. The highest BCUT2D eigenvalue weighted by Gasteiger charge is 2.13. The Balaban J connectivity index is 1.43. The molecule has 3 N–H and O–H groups in total. The van der Waals surface area contributed by atoms with Crippen LogP contribution < -0.4 is 11.1 Å². The SMILES string of the molecule is Nc1ccc(NC(=O)C=Cc2ccc(-c3ccc([N+](=O)[O-])cc3)o2)cc1C(=O)c1ccccc1. The summed E-state index contributed by atoms with van der Waals surface area (Å²) in [4.78, 5) is 35.4. The summed E-state index contributed by atoms with van der Waals surface area (Å²) in [5.74, 6) is 0.286.